The van der Waals surface area contributed by atoms with Gasteiger partial charge in [-0.3, -0.25) is 18.6 Å². The van der Waals surface area contributed by atoms with Gasteiger partial charge in [-0.1, -0.05) is 138 Å². The SMILES string of the molecule is CCCCC/C=C\C/C=C\C/C=C\C/C=C\CCCCCC(=O)O[C@H](COC(=O)CCCCCCC/C=C\C/C=C\CCCCC)COP(=O)(O)OC1C(O)C(O)C(O)[C@@H](O)C1O. The van der Waals surface area contributed by atoms with Crippen molar-refractivity contribution in [3.05, 3.63) is 72.9 Å². The Morgan fingerprint density at radius 2 is 0.857 bits per heavy atom. The zero-order valence-corrected chi connectivity index (χ0v) is 39.2. The van der Waals surface area contributed by atoms with E-state index in [1.54, 1.807) is 0 Å². The van der Waals surface area contributed by atoms with Crippen molar-refractivity contribution in [2.45, 2.75) is 211 Å². The molecule has 0 heterocycles. The minimum absolute atomic E-state index is 0.0525. The van der Waals surface area contributed by atoms with Crippen LogP contribution in [0.15, 0.2) is 72.9 Å². The fourth-order valence-corrected chi connectivity index (χ4v) is 7.62. The number of phosphoric acid groups is 1. The standard InChI is InChI=1S/C49H83O13P/c1-3-5-7-9-11-13-15-17-19-20-21-22-24-26-28-30-32-34-36-38-43(51)61-41(40-60-63(57,58)62-49-47(55)45(53)44(52)46(54)48(49)56)39-59-42(50)37-35-33-31-29-27-25-23-18-16-14-12-10-8-6-4-2/h11-14,17-19,21-23,26,28,41,44-49,52-56H,3-10,15-16,20,24-25,27,29-40H2,1-2H3,(H,57,58)/b13-11-,14-12-,19-17-,22-21-,23-18-,28-26-/t41-,44?,45-,46?,47?,48?,49?/m1/s1. The molecule has 1 rings (SSSR count). The summed E-state index contributed by atoms with van der Waals surface area (Å²) in [4.78, 5) is 35.7. The number of hydrogen-bond acceptors (Lipinski definition) is 12. The number of phosphoric ester groups is 1. The van der Waals surface area contributed by atoms with Gasteiger partial charge < -0.3 is 39.9 Å². The lowest BCUT2D eigenvalue weighted by molar-refractivity contribution is -0.220. The average Bonchev–Trinajstić information content (AvgIpc) is 3.26. The lowest BCUT2D eigenvalue weighted by atomic mass is 9.85. The topological polar surface area (TPSA) is 210 Å². The molecule has 1 fully saturated rings. The van der Waals surface area contributed by atoms with E-state index in [0.29, 0.717) is 12.8 Å². The molecule has 1 saturated carbocycles. The molecule has 14 heteroatoms. The Hall–Kier alpha value is -2.71. The number of carbonyl (C=O) groups is 2. The first-order valence-electron chi connectivity index (χ1n) is 23.7. The highest BCUT2D eigenvalue weighted by Gasteiger charge is 2.51. The molecular weight excluding hydrogens is 828 g/mol. The van der Waals surface area contributed by atoms with Crippen molar-refractivity contribution in [2.75, 3.05) is 13.2 Å². The van der Waals surface area contributed by atoms with E-state index in [9.17, 15) is 44.6 Å². The molecule has 0 aliphatic heterocycles. The number of aliphatic hydroxyl groups excluding tert-OH is 5. The second-order valence-corrected chi connectivity index (χ2v) is 17.7. The maximum absolute atomic E-state index is 12.8. The normalized spacial score (nSPS) is 22.3. The van der Waals surface area contributed by atoms with E-state index in [-0.39, 0.29) is 12.8 Å². The first-order chi connectivity index (χ1) is 30.4. The summed E-state index contributed by atoms with van der Waals surface area (Å²) in [7, 11) is -5.14. The number of hydrogen-bond donors (Lipinski definition) is 6. The Morgan fingerprint density at radius 1 is 0.492 bits per heavy atom. The second-order valence-electron chi connectivity index (χ2n) is 16.3. The smallest absolute Gasteiger partial charge is 0.462 e. The van der Waals surface area contributed by atoms with Gasteiger partial charge in [-0.05, 0) is 89.9 Å². The Balaban J connectivity index is 2.50. The van der Waals surface area contributed by atoms with Crippen LogP contribution in [0, 0.1) is 0 Å². The molecule has 0 radical (unpaired) electrons. The molecule has 1 aliphatic rings. The molecule has 13 nitrogen and oxygen atoms in total. The number of ether oxygens (including phenoxy) is 2. The van der Waals surface area contributed by atoms with E-state index < -0.39 is 75.7 Å². The predicted molar refractivity (Wildman–Crippen MR) is 249 cm³/mol. The number of aliphatic hydroxyl groups is 5. The van der Waals surface area contributed by atoms with Crippen molar-refractivity contribution in [1.29, 1.82) is 0 Å². The van der Waals surface area contributed by atoms with Gasteiger partial charge in [0.05, 0.1) is 6.61 Å². The molecule has 0 aromatic carbocycles. The largest absolute Gasteiger partial charge is 0.472 e. The van der Waals surface area contributed by atoms with Gasteiger partial charge in [0.1, 0.15) is 43.2 Å². The molecule has 8 atom stereocenters. The van der Waals surface area contributed by atoms with Crippen molar-refractivity contribution < 1.29 is 63.1 Å². The lowest BCUT2D eigenvalue weighted by Gasteiger charge is -2.41. The van der Waals surface area contributed by atoms with E-state index in [1.807, 2.05) is 0 Å². The highest BCUT2D eigenvalue weighted by atomic mass is 31.2. The highest BCUT2D eigenvalue weighted by molar-refractivity contribution is 7.47. The lowest BCUT2D eigenvalue weighted by Crippen LogP contribution is -2.64. The average molecular weight is 911 g/mol. The van der Waals surface area contributed by atoms with Crippen LogP contribution in [-0.4, -0.2) is 98.3 Å². The number of esters is 2. The van der Waals surface area contributed by atoms with E-state index >= 15 is 0 Å². The van der Waals surface area contributed by atoms with Gasteiger partial charge in [-0.2, -0.15) is 0 Å². The summed E-state index contributed by atoms with van der Waals surface area (Å²) in [6, 6.07) is 0. The highest BCUT2D eigenvalue weighted by Crippen LogP contribution is 2.47. The van der Waals surface area contributed by atoms with Crippen LogP contribution in [0.1, 0.15) is 168 Å². The van der Waals surface area contributed by atoms with Gasteiger partial charge in [-0.25, -0.2) is 4.57 Å². The molecule has 0 saturated heterocycles. The van der Waals surface area contributed by atoms with Crippen LogP contribution in [0.2, 0.25) is 0 Å². The summed E-state index contributed by atoms with van der Waals surface area (Å²) in [5.41, 5.74) is 0. The zero-order chi connectivity index (χ0) is 46.4. The van der Waals surface area contributed by atoms with Gasteiger partial charge in [0.15, 0.2) is 6.10 Å². The summed E-state index contributed by atoms with van der Waals surface area (Å²) in [6.45, 7) is 3.20. The molecule has 63 heavy (non-hydrogen) atoms. The van der Waals surface area contributed by atoms with Crippen LogP contribution >= 0.6 is 7.82 Å². The van der Waals surface area contributed by atoms with Crippen LogP contribution in [0.5, 0.6) is 0 Å². The number of unbranched alkanes of at least 4 members (excludes halogenated alkanes) is 14. The Bertz CT molecular complexity index is 1380. The third-order valence-corrected chi connectivity index (χ3v) is 11.5. The second kappa shape index (κ2) is 38.5. The number of allylic oxidation sites excluding steroid dienone is 12. The molecule has 0 aromatic heterocycles. The third-order valence-electron chi connectivity index (χ3n) is 10.5. The van der Waals surface area contributed by atoms with Crippen molar-refractivity contribution in [2.24, 2.45) is 0 Å². The molecule has 0 bridgehead atoms. The molecule has 6 unspecified atom stereocenters. The fourth-order valence-electron chi connectivity index (χ4n) is 6.65. The van der Waals surface area contributed by atoms with Gasteiger partial charge in [0.2, 0.25) is 0 Å². The molecule has 0 aromatic rings. The quantitative estimate of drug-likeness (QED) is 0.0148. The van der Waals surface area contributed by atoms with Crippen LogP contribution in [0.3, 0.4) is 0 Å². The first-order valence-corrected chi connectivity index (χ1v) is 25.2. The van der Waals surface area contributed by atoms with Crippen molar-refractivity contribution in [3.63, 3.8) is 0 Å². The monoisotopic (exact) mass is 911 g/mol. The minimum atomic E-state index is -5.14. The molecule has 6 N–H and O–H groups in total. The van der Waals surface area contributed by atoms with E-state index in [2.05, 4.69) is 86.8 Å². The van der Waals surface area contributed by atoms with Gasteiger partial charge in [0.25, 0.3) is 0 Å². The van der Waals surface area contributed by atoms with Gasteiger partial charge in [-0.15, -0.1) is 0 Å². The minimum Gasteiger partial charge on any atom is -0.462 e. The van der Waals surface area contributed by atoms with Crippen molar-refractivity contribution in [1.82, 2.24) is 0 Å². The van der Waals surface area contributed by atoms with E-state index in [0.717, 1.165) is 89.9 Å². The van der Waals surface area contributed by atoms with Crippen LogP contribution in [-0.2, 0) is 32.7 Å². The molecular formula is C49H83O13P. The number of carbonyl (C=O) groups excluding carboxylic acids is 2. The number of rotatable bonds is 38. The summed E-state index contributed by atoms with van der Waals surface area (Å²) in [5.74, 6) is -1.16. The summed E-state index contributed by atoms with van der Waals surface area (Å²) in [5, 5.41) is 50.2. The summed E-state index contributed by atoms with van der Waals surface area (Å²) >= 11 is 0. The molecule has 362 valence electrons. The Kier molecular flexibility index (Phi) is 35.7. The maximum atomic E-state index is 12.8. The van der Waals surface area contributed by atoms with Crippen molar-refractivity contribution >= 4 is 19.8 Å². The maximum Gasteiger partial charge on any atom is 0.472 e. The molecule has 1 aliphatic carbocycles. The molecule has 0 spiro atoms. The summed E-state index contributed by atoms with van der Waals surface area (Å²) < 4.78 is 33.5. The fraction of sp³-hybridized carbons (Fsp3) is 0.714. The van der Waals surface area contributed by atoms with Gasteiger partial charge in [0, 0.05) is 12.8 Å². The Morgan fingerprint density at radius 3 is 1.32 bits per heavy atom. The van der Waals surface area contributed by atoms with Crippen LogP contribution < -0.4 is 0 Å². The van der Waals surface area contributed by atoms with Gasteiger partial charge >= 0.3 is 19.8 Å². The van der Waals surface area contributed by atoms with Crippen molar-refractivity contribution in [3.8, 4) is 0 Å². The van der Waals surface area contributed by atoms with Crippen LogP contribution in [0.25, 0.3) is 0 Å². The van der Waals surface area contributed by atoms with E-state index in [4.69, 9.17) is 18.5 Å². The first kappa shape index (κ1) is 58.3. The molecule has 0 amide bonds. The zero-order valence-electron chi connectivity index (χ0n) is 38.3. The summed E-state index contributed by atoms with van der Waals surface area (Å²) in [6.07, 6.45) is 35.2. The predicted octanol–water partition coefficient (Wildman–Crippen LogP) is 9.50. The van der Waals surface area contributed by atoms with E-state index in [1.165, 1.54) is 38.5 Å². The Labute approximate surface area is 378 Å². The third kappa shape index (κ3) is 31.0. The van der Waals surface area contributed by atoms with Crippen LogP contribution in [0.4, 0.5) is 0 Å².